The Morgan fingerprint density at radius 2 is 1.24 bits per heavy atom. The van der Waals surface area contributed by atoms with E-state index in [1.165, 1.54) is 24.3 Å². The number of rotatable bonds is 8. The van der Waals surface area contributed by atoms with E-state index in [9.17, 15) is 40.7 Å². The molecule has 3 amide bonds. The van der Waals surface area contributed by atoms with Crippen LogP contribution in [0.25, 0.3) is 0 Å². The molecule has 2 fully saturated rings. The van der Waals surface area contributed by atoms with Crippen molar-refractivity contribution in [1.29, 1.82) is 0 Å². The maximum Gasteiger partial charge on any atom is 0.416 e. The number of hydrogen-bond acceptors (Lipinski definition) is 6. The van der Waals surface area contributed by atoms with Gasteiger partial charge in [0, 0.05) is 62.9 Å². The van der Waals surface area contributed by atoms with Crippen LogP contribution in [0.2, 0.25) is 0 Å². The van der Waals surface area contributed by atoms with Gasteiger partial charge in [-0.25, -0.2) is 0 Å². The molecule has 6 heterocycles. The van der Waals surface area contributed by atoms with E-state index in [-0.39, 0.29) is 72.3 Å². The predicted octanol–water partition coefficient (Wildman–Crippen LogP) is 7.24. The molecule has 8 rings (SSSR count). The zero-order chi connectivity index (χ0) is 40.9. The van der Waals surface area contributed by atoms with Crippen molar-refractivity contribution in [1.82, 2.24) is 40.0 Å². The van der Waals surface area contributed by atoms with Crippen LogP contribution in [0, 0.1) is 0 Å². The number of nitrogens with one attached hydrogen (secondary N) is 2. The lowest BCUT2D eigenvalue weighted by Gasteiger charge is -2.40. The molecule has 0 spiro atoms. The number of H-pyrrole nitrogens is 2. The Hall–Kier alpha value is -5.19. The standard InChI is InChI=1S/C41H44F6N8O3/c1-2-35(56)54-21-30-34(23-54)49-51-37(30)39(58)55-18-13-25(28-8-4-6-10-32(28)41(45,46)47)19-26(55)14-15-52-20-29-33(22-52)48-50-36(29)38(57)53-16-11-24(12-17-53)27-7-3-5-9-31(27)40(42,43)44/h3-10,24-26H,2,11-23H2,1H3,(H,48,50)(H,49,51). The molecule has 58 heavy (non-hydrogen) atoms. The molecule has 0 aliphatic carbocycles. The summed E-state index contributed by atoms with van der Waals surface area (Å²) in [5, 5.41) is 14.6. The van der Waals surface area contributed by atoms with E-state index in [2.05, 4.69) is 25.3 Å². The number of benzene rings is 2. The summed E-state index contributed by atoms with van der Waals surface area (Å²) in [4.78, 5) is 47.6. The Kier molecular flexibility index (Phi) is 10.6. The lowest BCUT2D eigenvalue weighted by Crippen LogP contribution is -2.47. The smallest absolute Gasteiger partial charge is 0.337 e. The minimum absolute atomic E-state index is 0.0453. The number of aromatic amines is 2. The number of piperidine rings is 2. The molecule has 4 aliphatic rings. The molecule has 308 valence electrons. The molecular weight excluding hydrogens is 766 g/mol. The Balaban J connectivity index is 0.955. The van der Waals surface area contributed by atoms with Gasteiger partial charge in [0.25, 0.3) is 11.8 Å². The van der Waals surface area contributed by atoms with Gasteiger partial charge in [0.1, 0.15) is 0 Å². The molecule has 0 bridgehead atoms. The molecule has 2 atom stereocenters. The summed E-state index contributed by atoms with van der Waals surface area (Å²) in [7, 11) is 0. The molecule has 17 heteroatoms. The fourth-order valence-corrected chi connectivity index (χ4v) is 9.37. The highest BCUT2D eigenvalue weighted by molar-refractivity contribution is 5.95. The summed E-state index contributed by atoms with van der Waals surface area (Å²) in [5.74, 6) is -1.44. The molecule has 4 aromatic rings. The monoisotopic (exact) mass is 810 g/mol. The third-order valence-electron chi connectivity index (χ3n) is 12.4. The summed E-state index contributed by atoms with van der Waals surface area (Å²) < 4.78 is 83.6. The summed E-state index contributed by atoms with van der Waals surface area (Å²) >= 11 is 0. The van der Waals surface area contributed by atoms with Crippen molar-refractivity contribution in [2.45, 2.75) is 102 Å². The zero-order valence-electron chi connectivity index (χ0n) is 31.9. The maximum absolute atomic E-state index is 14.3. The van der Waals surface area contributed by atoms with Crippen LogP contribution in [-0.2, 0) is 43.3 Å². The van der Waals surface area contributed by atoms with Crippen LogP contribution in [-0.4, -0.2) is 89.9 Å². The summed E-state index contributed by atoms with van der Waals surface area (Å²) in [6, 6.07) is 10.7. The van der Waals surface area contributed by atoms with Gasteiger partial charge in [-0.05, 0) is 67.2 Å². The molecule has 2 N–H and O–H groups in total. The quantitative estimate of drug-likeness (QED) is 0.181. The van der Waals surface area contributed by atoms with E-state index in [1.54, 1.807) is 33.8 Å². The predicted molar refractivity (Wildman–Crippen MR) is 198 cm³/mol. The molecule has 2 unspecified atom stereocenters. The van der Waals surface area contributed by atoms with Crippen molar-refractivity contribution >= 4 is 17.7 Å². The highest BCUT2D eigenvalue weighted by Crippen LogP contribution is 2.42. The van der Waals surface area contributed by atoms with Crippen LogP contribution in [0.3, 0.4) is 0 Å². The second kappa shape index (κ2) is 15.5. The number of aromatic nitrogens is 4. The third-order valence-corrected chi connectivity index (χ3v) is 12.4. The molecular formula is C41H44F6N8O3. The van der Waals surface area contributed by atoms with Gasteiger partial charge in [-0.3, -0.25) is 29.5 Å². The minimum Gasteiger partial charge on any atom is -0.337 e. The van der Waals surface area contributed by atoms with Gasteiger partial charge in [0.15, 0.2) is 11.4 Å². The van der Waals surface area contributed by atoms with Crippen LogP contribution in [0.15, 0.2) is 48.5 Å². The first-order chi connectivity index (χ1) is 27.7. The van der Waals surface area contributed by atoms with E-state index < -0.39 is 35.4 Å². The van der Waals surface area contributed by atoms with E-state index >= 15 is 0 Å². The highest BCUT2D eigenvalue weighted by atomic mass is 19.4. The number of fused-ring (bicyclic) bond motifs is 2. The van der Waals surface area contributed by atoms with E-state index in [0.29, 0.717) is 76.0 Å². The van der Waals surface area contributed by atoms with Crippen molar-refractivity contribution < 1.29 is 40.7 Å². The number of alkyl halides is 6. The van der Waals surface area contributed by atoms with Gasteiger partial charge in [-0.1, -0.05) is 43.3 Å². The van der Waals surface area contributed by atoms with Crippen LogP contribution in [0.4, 0.5) is 26.3 Å². The van der Waals surface area contributed by atoms with Gasteiger partial charge >= 0.3 is 12.4 Å². The average Bonchev–Trinajstić information content (AvgIpc) is 4.01. The largest absolute Gasteiger partial charge is 0.416 e. The number of carbonyl (C=O) groups excluding carboxylic acids is 3. The van der Waals surface area contributed by atoms with E-state index in [0.717, 1.165) is 23.4 Å². The van der Waals surface area contributed by atoms with Crippen molar-refractivity contribution in [3.63, 3.8) is 0 Å². The fourth-order valence-electron chi connectivity index (χ4n) is 9.37. The lowest BCUT2D eigenvalue weighted by molar-refractivity contribution is -0.139. The van der Waals surface area contributed by atoms with Crippen LogP contribution < -0.4 is 0 Å². The van der Waals surface area contributed by atoms with Crippen molar-refractivity contribution in [3.8, 4) is 0 Å². The summed E-state index contributed by atoms with van der Waals surface area (Å²) in [6.45, 7) is 4.45. The highest BCUT2D eigenvalue weighted by Gasteiger charge is 2.42. The van der Waals surface area contributed by atoms with Crippen molar-refractivity contribution in [2.75, 3.05) is 26.2 Å². The molecule has 0 radical (unpaired) electrons. The normalized spacial score (nSPS) is 20.4. The van der Waals surface area contributed by atoms with Gasteiger partial charge in [-0.2, -0.15) is 36.5 Å². The van der Waals surface area contributed by atoms with Gasteiger partial charge < -0.3 is 14.7 Å². The van der Waals surface area contributed by atoms with Crippen molar-refractivity contribution in [3.05, 3.63) is 105 Å². The second-order valence-corrected chi connectivity index (χ2v) is 15.8. The Labute approximate surface area is 330 Å². The van der Waals surface area contributed by atoms with Gasteiger partial charge in [-0.15, -0.1) is 0 Å². The third kappa shape index (κ3) is 7.60. The maximum atomic E-state index is 14.3. The number of likely N-dealkylation sites (tertiary alicyclic amines) is 2. The number of carbonyl (C=O) groups is 3. The van der Waals surface area contributed by atoms with Crippen LogP contribution in [0.5, 0.6) is 0 Å². The first-order valence-corrected chi connectivity index (χ1v) is 19.8. The average molecular weight is 811 g/mol. The van der Waals surface area contributed by atoms with Crippen molar-refractivity contribution in [2.24, 2.45) is 0 Å². The Morgan fingerprint density at radius 1 is 0.690 bits per heavy atom. The molecule has 2 aromatic carbocycles. The van der Waals surface area contributed by atoms with Gasteiger partial charge in [0.05, 0.1) is 35.6 Å². The molecule has 2 saturated heterocycles. The molecule has 0 saturated carbocycles. The number of amides is 3. The first kappa shape index (κ1) is 39.6. The fraction of sp³-hybridized carbons (Fsp3) is 0.488. The van der Waals surface area contributed by atoms with E-state index in [4.69, 9.17) is 0 Å². The zero-order valence-corrected chi connectivity index (χ0v) is 31.9. The van der Waals surface area contributed by atoms with Crippen LogP contribution >= 0.6 is 0 Å². The first-order valence-electron chi connectivity index (χ1n) is 19.8. The SMILES string of the molecule is CCC(=O)N1Cc2[nH]nc(C(=O)N3CCC(c4ccccc4C(F)(F)F)CC3CCN3Cc4[nH]nc(C(=O)N5CCC(c6ccccc6C(F)(F)F)CC5)c4C3)c2C1. The molecule has 4 aliphatic heterocycles. The van der Waals surface area contributed by atoms with Gasteiger partial charge in [0.2, 0.25) is 5.91 Å². The summed E-state index contributed by atoms with van der Waals surface area (Å²) in [6.07, 6.45) is -6.82. The lowest BCUT2D eigenvalue weighted by atomic mass is 9.81. The Morgan fingerprint density at radius 3 is 1.86 bits per heavy atom. The minimum atomic E-state index is -4.53. The topological polar surface area (TPSA) is 122 Å². The molecule has 2 aromatic heterocycles. The number of nitrogens with zero attached hydrogens (tertiary/aromatic N) is 6. The Bertz CT molecular complexity index is 2190. The second-order valence-electron chi connectivity index (χ2n) is 15.8. The number of halogens is 6. The number of hydrogen-bond donors (Lipinski definition) is 2. The van der Waals surface area contributed by atoms with Crippen LogP contribution in [0.1, 0.15) is 123 Å². The summed E-state index contributed by atoms with van der Waals surface area (Å²) in [5.41, 5.74) is 2.49. The van der Waals surface area contributed by atoms with E-state index in [1.807, 2.05) is 0 Å². The molecule has 11 nitrogen and oxygen atoms in total.